The van der Waals surface area contributed by atoms with Crippen molar-refractivity contribution in [2.45, 2.75) is 13.1 Å². The summed E-state index contributed by atoms with van der Waals surface area (Å²) in [6.45, 7) is 1.70. The summed E-state index contributed by atoms with van der Waals surface area (Å²) in [5.41, 5.74) is 7.74. The molecule has 3 heteroatoms. The molecule has 0 aliphatic carbocycles. The van der Waals surface area contributed by atoms with Crippen LogP contribution >= 0.6 is 0 Å². The van der Waals surface area contributed by atoms with E-state index in [-0.39, 0.29) is 17.0 Å². The van der Waals surface area contributed by atoms with Gasteiger partial charge in [-0.1, -0.05) is 84.9 Å². The van der Waals surface area contributed by atoms with Crippen LogP contribution in [0.3, 0.4) is 0 Å². The van der Waals surface area contributed by atoms with Gasteiger partial charge >= 0.3 is 0 Å². The highest BCUT2D eigenvalue weighted by Crippen LogP contribution is 2.30. The van der Waals surface area contributed by atoms with Crippen molar-refractivity contribution in [3.63, 3.8) is 0 Å². The number of halogens is 1. The third-order valence-corrected chi connectivity index (χ3v) is 6.14. The van der Waals surface area contributed by atoms with Crippen LogP contribution in [0.1, 0.15) is 11.1 Å². The number of aromatic nitrogens is 2. The Kier molecular flexibility index (Phi) is 5.50. The highest BCUT2D eigenvalue weighted by Gasteiger charge is 2.23. The molecule has 0 saturated carbocycles. The summed E-state index contributed by atoms with van der Waals surface area (Å²) < 4.78 is 4.96. The average Bonchev–Trinajstić information content (AvgIpc) is 3.14. The van der Waals surface area contributed by atoms with Crippen molar-refractivity contribution in [3.8, 4) is 0 Å². The maximum Gasteiger partial charge on any atom is 0.239 e. The fourth-order valence-corrected chi connectivity index (χ4v) is 4.72. The molecule has 6 rings (SSSR count). The summed E-state index contributed by atoms with van der Waals surface area (Å²) in [5.74, 6) is 0. The minimum Gasteiger partial charge on any atom is -1.00 e. The molecule has 0 bridgehead atoms. The number of benzene rings is 4. The van der Waals surface area contributed by atoms with Crippen LogP contribution in [0.25, 0.3) is 32.8 Å². The van der Waals surface area contributed by atoms with Crippen molar-refractivity contribution < 1.29 is 21.5 Å². The second kappa shape index (κ2) is 8.60. The first-order chi connectivity index (χ1) is 15.4. The number of hydrogen-bond donors (Lipinski definition) is 0. The Morgan fingerprint density at radius 3 is 2.00 bits per heavy atom. The molecule has 6 aromatic rings. The predicted octanol–water partition coefficient (Wildman–Crippen LogP) is 3.34. The Morgan fingerprint density at radius 2 is 1.22 bits per heavy atom. The van der Waals surface area contributed by atoms with Crippen molar-refractivity contribution >= 4 is 32.8 Å². The maximum absolute atomic E-state index is 2.49. The molecule has 32 heavy (non-hydrogen) atoms. The van der Waals surface area contributed by atoms with E-state index < -0.39 is 0 Å². The zero-order valence-electron chi connectivity index (χ0n) is 17.7. The lowest BCUT2D eigenvalue weighted by Gasteiger charge is -2.08. The third kappa shape index (κ3) is 3.49. The fraction of sp³-hybridized carbons (Fsp3) is 0.0690. The molecule has 0 atom stereocenters. The zero-order chi connectivity index (χ0) is 20.6. The van der Waals surface area contributed by atoms with Crippen LogP contribution in [0.15, 0.2) is 115 Å². The van der Waals surface area contributed by atoms with Gasteiger partial charge in [0, 0.05) is 23.6 Å². The van der Waals surface area contributed by atoms with E-state index in [1.165, 1.54) is 44.0 Å². The molecule has 0 amide bonds. The van der Waals surface area contributed by atoms with E-state index in [1.54, 1.807) is 0 Å². The van der Waals surface area contributed by atoms with Crippen LogP contribution in [0.5, 0.6) is 0 Å². The Morgan fingerprint density at radius 1 is 0.594 bits per heavy atom. The minimum absolute atomic E-state index is 0. The number of pyridine rings is 1. The first-order valence-corrected chi connectivity index (χ1v) is 10.8. The van der Waals surface area contributed by atoms with Gasteiger partial charge in [-0.3, -0.25) is 0 Å². The Balaban J connectivity index is 0.00000216. The zero-order valence-corrected chi connectivity index (χ0v) is 19.2. The quantitative estimate of drug-likeness (QED) is 0.343. The normalized spacial score (nSPS) is 11.1. The van der Waals surface area contributed by atoms with E-state index in [2.05, 4.69) is 124 Å². The lowest BCUT2D eigenvalue weighted by molar-refractivity contribution is -0.635. The average molecular weight is 479 g/mol. The first kappa shape index (κ1) is 20.5. The Labute approximate surface area is 198 Å². The van der Waals surface area contributed by atoms with Gasteiger partial charge in [-0.05, 0) is 29.8 Å². The van der Waals surface area contributed by atoms with Crippen LogP contribution in [-0.2, 0) is 13.1 Å². The standard InChI is InChI=1S/C29H23N2.BrH/c1-3-11-22(12-4-1)20-30-27-18-10-8-16-25(27)29-28(30)19-24-15-7-9-17-26(24)31(29)21-23-13-5-2-6-14-23;/h1-19H,20-21H2;1H/q+1;/p-1. The predicted molar refractivity (Wildman–Crippen MR) is 128 cm³/mol. The van der Waals surface area contributed by atoms with Crippen LogP contribution in [0.2, 0.25) is 0 Å². The SMILES string of the molecule is [Br-].c1ccc(Cn2c3ccccc3c3c2cc2ccccc2[n+]3Cc2ccccc2)cc1. The van der Waals surface area contributed by atoms with Gasteiger partial charge in [0.25, 0.3) is 0 Å². The van der Waals surface area contributed by atoms with Gasteiger partial charge in [-0.25, -0.2) is 0 Å². The van der Waals surface area contributed by atoms with Crippen molar-refractivity contribution in [3.05, 3.63) is 126 Å². The molecule has 0 spiro atoms. The fourth-order valence-electron chi connectivity index (χ4n) is 4.72. The Hall–Kier alpha value is -3.43. The van der Waals surface area contributed by atoms with Crippen LogP contribution in [-0.4, -0.2) is 4.57 Å². The maximum atomic E-state index is 2.49. The molecule has 0 saturated heterocycles. The van der Waals surface area contributed by atoms with E-state index in [4.69, 9.17) is 0 Å². The number of nitrogens with zero attached hydrogens (tertiary/aromatic N) is 2. The second-order valence-electron chi connectivity index (χ2n) is 8.10. The Bertz CT molecular complexity index is 1520. The minimum atomic E-state index is 0. The third-order valence-electron chi connectivity index (χ3n) is 6.14. The summed E-state index contributed by atoms with van der Waals surface area (Å²) in [6.07, 6.45) is 0. The molecule has 2 heterocycles. The molecule has 0 N–H and O–H groups in total. The molecule has 0 unspecified atom stereocenters. The van der Waals surface area contributed by atoms with Gasteiger partial charge in [0.2, 0.25) is 11.0 Å². The summed E-state index contributed by atoms with van der Waals surface area (Å²) in [6, 6.07) is 41.4. The van der Waals surface area contributed by atoms with E-state index >= 15 is 0 Å². The molecule has 2 nitrogen and oxygen atoms in total. The van der Waals surface area contributed by atoms with Crippen LogP contribution in [0, 0.1) is 0 Å². The van der Waals surface area contributed by atoms with Crippen molar-refractivity contribution in [1.82, 2.24) is 4.57 Å². The smallest absolute Gasteiger partial charge is 0.239 e. The van der Waals surface area contributed by atoms with Crippen LogP contribution in [0.4, 0.5) is 0 Å². The highest BCUT2D eigenvalue weighted by molar-refractivity contribution is 6.06. The monoisotopic (exact) mass is 478 g/mol. The largest absolute Gasteiger partial charge is 1.00 e. The lowest BCUT2D eigenvalue weighted by Crippen LogP contribution is -3.00. The lowest BCUT2D eigenvalue weighted by atomic mass is 10.1. The van der Waals surface area contributed by atoms with E-state index in [9.17, 15) is 0 Å². The number of fused-ring (bicyclic) bond motifs is 4. The van der Waals surface area contributed by atoms with Crippen molar-refractivity contribution in [1.29, 1.82) is 0 Å². The molecule has 156 valence electrons. The van der Waals surface area contributed by atoms with Crippen LogP contribution < -0.4 is 21.5 Å². The molecule has 0 aliphatic rings. The topological polar surface area (TPSA) is 8.81 Å². The molecular formula is C29H23BrN2. The van der Waals surface area contributed by atoms with E-state index in [0.717, 1.165) is 13.1 Å². The molecular weight excluding hydrogens is 456 g/mol. The van der Waals surface area contributed by atoms with Gasteiger partial charge in [-0.2, -0.15) is 4.57 Å². The summed E-state index contributed by atoms with van der Waals surface area (Å²) >= 11 is 0. The van der Waals surface area contributed by atoms with Crippen molar-refractivity contribution in [2.75, 3.05) is 0 Å². The van der Waals surface area contributed by atoms with Gasteiger partial charge in [-0.15, -0.1) is 0 Å². The molecule has 0 radical (unpaired) electrons. The molecule has 0 fully saturated rings. The number of rotatable bonds is 4. The van der Waals surface area contributed by atoms with E-state index in [1.807, 2.05) is 0 Å². The van der Waals surface area contributed by atoms with Gasteiger partial charge in [0.1, 0.15) is 5.52 Å². The highest BCUT2D eigenvalue weighted by atomic mass is 79.9. The molecule has 0 aliphatic heterocycles. The van der Waals surface area contributed by atoms with Gasteiger partial charge in [0.15, 0.2) is 6.54 Å². The summed E-state index contributed by atoms with van der Waals surface area (Å²) in [7, 11) is 0. The molecule has 4 aromatic carbocycles. The number of hydrogen-bond acceptors (Lipinski definition) is 0. The first-order valence-electron chi connectivity index (χ1n) is 10.8. The van der Waals surface area contributed by atoms with Gasteiger partial charge < -0.3 is 21.5 Å². The van der Waals surface area contributed by atoms with Gasteiger partial charge in [0.05, 0.1) is 10.9 Å². The number of para-hydroxylation sites is 2. The molecule has 2 aromatic heterocycles. The summed E-state index contributed by atoms with van der Waals surface area (Å²) in [5, 5.41) is 2.57. The van der Waals surface area contributed by atoms with Crippen molar-refractivity contribution in [2.24, 2.45) is 0 Å². The summed E-state index contributed by atoms with van der Waals surface area (Å²) in [4.78, 5) is 0. The van der Waals surface area contributed by atoms with E-state index in [0.29, 0.717) is 0 Å². The second-order valence-corrected chi connectivity index (χ2v) is 8.10.